The smallest absolute Gasteiger partial charge is 0.482 e. The van der Waals surface area contributed by atoms with E-state index < -0.39 is 37.1 Å². The van der Waals surface area contributed by atoms with Crippen molar-refractivity contribution >= 4 is 12.1 Å². The van der Waals surface area contributed by atoms with Gasteiger partial charge in [-0.3, -0.25) is 0 Å². The van der Waals surface area contributed by atoms with E-state index in [1.807, 2.05) is 13.8 Å². The lowest BCUT2D eigenvalue weighted by atomic mass is 10.1. The van der Waals surface area contributed by atoms with Gasteiger partial charge in [-0.15, -0.1) is 0 Å². The van der Waals surface area contributed by atoms with Gasteiger partial charge in [0.1, 0.15) is 12.4 Å². The Hall–Kier alpha value is -2.67. The molecule has 1 amide bonds. The zero-order valence-corrected chi connectivity index (χ0v) is 20.4. The second-order valence-corrected chi connectivity index (χ2v) is 8.15. The molecule has 0 saturated carbocycles. The molecule has 1 aromatic carbocycles. The van der Waals surface area contributed by atoms with Crippen molar-refractivity contribution in [1.82, 2.24) is 4.90 Å². The van der Waals surface area contributed by atoms with Crippen molar-refractivity contribution in [2.24, 2.45) is 5.92 Å². The summed E-state index contributed by atoms with van der Waals surface area (Å²) in [7, 11) is 0. The summed E-state index contributed by atoms with van der Waals surface area (Å²) in [5.41, 5.74) is 0.706. The van der Waals surface area contributed by atoms with E-state index in [0.29, 0.717) is 11.3 Å². The second kappa shape index (κ2) is 14.8. The molecule has 1 N–H and O–H groups in total. The molecule has 0 aliphatic carbocycles. The van der Waals surface area contributed by atoms with E-state index in [4.69, 9.17) is 19.3 Å². The first-order chi connectivity index (χ1) is 16.8. The maximum Gasteiger partial charge on any atom is 0.482 e. The Balaban J connectivity index is 2.63. The minimum Gasteiger partial charge on any atom is -0.492 e. The van der Waals surface area contributed by atoms with E-state index in [-0.39, 0.29) is 51.7 Å². The molecule has 1 aromatic rings. The van der Waals surface area contributed by atoms with Crippen molar-refractivity contribution in [3.8, 4) is 5.75 Å². The van der Waals surface area contributed by atoms with Crippen LogP contribution in [0.3, 0.4) is 0 Å². The molecule has 0 aliphatic heterocycles. The Labute approximate surface area is 206 Å². The standard InChI is InChI=1S/C23H32F5NO7/c1-4-33-19(20(30)31)14-17-6-8-18(9-7-17)34-13-11-29(21(32)35-15-16(2)3)10-5-12-36-23(27,28)22(24,25)26/h6-9,16,19H,4-5,10-15H2,1-3H3,(H,30,31). The van der Waals surface area contributed by atoms with Gasteiger partial charge in [-0.05, 0) is 37.0 Å². The summed E-state index contributed by atoms with van der Waals surface area (Å²) in [6, 6.07) is 6.54. The number of carbonyl (C=O) groups excluding carboxylic acids is 1. The Kier molecular flexibility index (Phi) is 12.9. The normalized spacial score (nSPS) is 12.9. The first kappa shape index (κ1) is 31.4. The molecule has 0 aromatic heterocycles. The van der Waals surface area contributed by atoms with Gasteiger partial charge in [-0.2, -0.15) is 22.0 Å². The van der Waals surface area contributed by atoms with Crippen LogP contribution in [-0.2, 0) is 25.4 Å². The second-order valence-electron chi connectivity index (χ2n) is 8.15. The van der Waals surface area contributed by atoms with Crippen molar-refractivity contribution in [3.63, 3.8) is 0 Å². The van der Waals surface area contributed by atoms with Crippen LogP contribution in [0.5, 0.6) is 5.75 Å². The van der Waals surface area contributed by atoms with E-state index in [9.17, 15) is 31.5 Å². The van der Waals surface area contributed by atoms with Gasteiger partial charge < -0.3 is 29.0 Å². The number of aliphatic carboxylic acids is 1. The number of alkyl halides is 5. The summed E-state index contributed by atoms with van der Waals surface area (Å²) in [6.07, 6.45) is -13.0. The zero-order valence-electron chi connectivity index (χ0n) is 20.4. The lowest BCUT2D eigenvalue weighted by Gasteiger charge is -2.24. The van der Waals surface area contributed by atoms with Gasteiger partial charge in [0.05, 0.1) is 19.8 Å². The topological polar surface area (TPSA) is 94.5 Å². The molecule has 1 atom stereocenters. The molecule has 8 nitrogen and oxygen atoms in total. The number of carboxylic acid groups (broad SMARTS) is 1. The number of benzene rings is 1. The Morgan fingerprint density at radius 3 is 2.19 bits per heavy atom. The van der Waals surface area contributed by atoms with Gasteiger partial charge in [0.15, 0.2) is 6.10 Å². The quantitative estimate of drug-likeness (QED) is 0.244. The average Bonchev–Trinajstić information content (AvgIpc) is 2.78. The molecular weight excluding hydrogens is 497 g/mol. The van der Waals surface area contributed by atoms with Gasteiger partial charge in [-0.1, -0.05) is 26.0 Å². The maximum atomic E-state index is 12.9. The van der Waals surface area contributed by atoms with Crippen LogP contribution in [0.1, 0.15) is 32.8 Å². The van der Waals surface area contributed by atoms with E-state index in [2.05, 4.69) is 4.74 Å². The molecule has 13 heteroatoms. The number of nitrogens with zero attached hydrogens (tertiary/aromatic N) is 1. The van der Waals surface area contributed by atoms with Crippen LogP contribution >= 0.6 is 0 Å². The summed E-state index contributed by atoms with van der Waals surface area (Å²) >= 11 is 0. The van der Waals surface area contributed by atoms with Gasteiger partial charge in [0.25, 0.3) is 0 Å². The molecule has 0 radical (unpaired) electrons. The van der Waals surface area contributed by atoms with Crippen LogP contribution in [0.25, 0.3) is 0 Å². The number of amides is 1. The summed E-state index contributed by atoms with van der Waals surface area (Å²) in [4.78, 5) is 24.7. The number of carboxylic acids is 1. The molecule has 0 spiro atoms. The number of rotatable bonds is 16. The minimum atomic E-state index is -5.83. The molecule has 0 heterocycles. The third-order valence-corrected chi connectivity index (χ3v) is 4.60. The van der Waals surface area contributed by atoms with Crippen LogP contribution in [-0.4, -0.2) is 80.0 Å². The largest absolute Gasteiger partial charge is 0.492 e. The van der Waals surface area contributed by atoms with Gasteiger partial charge >= 0.3 is 24.3 Å². The summed E-state index contributed by atoms with van der Waals surface area (Å²) in [5.74, 6) is -0.623. The first-order valence-corrected chi connectivity index (χ1v) is 11.3. The van der Waals surface area contributed by atoms with Gasteiger partial charge in [-0.25, -0.2) is 9.59 Å². The fourth-order valence-electron chi connectivity index (χ4n) is 2.79. The number of ether oxygens (including phenoxy) is 4. The Morgan fingerprint density at radius 1 is 1.03 bits per heavy atom. The third-order valence-electron chi connectivity index (χ3n) is 4.60. The SMILES string of the molecule is CCOC(Cc1ccc(OCCN(CCCOC(F)(F)C(F)(F)F)C(=O)OCC(C)C)cc1)C(=O)O. The lowest BCUT2D eigenvalue weighted by molar-refractivity contribution is -0.391. The number of hydrogen-bond donors (Lipinski definition) is 1. The molecule has 206 valence electrons. The molecule has 0 aliphatic rings. The number of hydrogen-bond acceptors (Lipinski definition) is 6. The Bertz CT molecular complexity index is 803. The fraction of sp³-hybridized carbons (Fsp3) is 0.652. The highest BCUT2D eigenvalue weighted by molar-refractivity contribution is 5.72. The van der Waals surface area contributed by atoms with E-state index in [1.54, 1.807) is 31.2 Å². The molecular formula is C23H32F5NO7. The van der Waals surface area contributed by atoms with Crippen LogP contribution < -0.4 is 4.74 Å². The lowest BCUT2D eigenvalue weighted by Crippen LogP contribution is -2.40. The van der Waals surface area contributed by atoms with Crippen molar-refractivity contribution in [2.45, 2.75) is 52.0 Å². The van der Waals surface area contributed by atoms with Crippen LogP contribution in [0, 0.1) is 5.92 Å². The first-order valence-electron chi connectivity index (χ1n) is 11.3. The van der Waals surface area contributed by atoms with E-state index in [0.717, 1.165) is 4.90 Å². The molecule has 0 saturated heterocycles. The van der Waals surface area contributed by atoms with Crippen molar-refractivity contribution < 1.29 is 55.6 Å². The zero-order chi connectivity index (χ0) is 27.4. The summed E-state index contributed by atoms with van der Waals surface area (Å²) < 4.78 is 81.9. The number of carbonyl (C=O) groups is 2. The van der Waals surface area contributed by atoms with E-state index in [1.165, 1.54) is 0 Å². The molecule has 0 fully saturated rings. The predicted molar refractivity (Wildman–Crippen MR) is 118 cm³/mol. The van der Waals surface area contributed by atoms with Crippen LogP contribution in [0.2, 0.25) is 0 Å². The highest BCUT2D eigenvalue weighted by atomic mass is 19.4. The van der Waals surface area contributed by atoms with Gasteiger partial charge in [0, 0.05) is 19.6 Å². The Morgan fingerprint density at radius 2 is 1.67 bits per heavy atom. The molecule has 36 heavy (non-hydrogen) atoms. The third kappa shape index (κ3) is 11.4. The van der Waals surface area contributed by atoms with Crippen molar-refractivity contribution in [3.05, 3.63) is 29.8 Å². The van der Waals surface area contributed by atoms with E-state index >= 15 is 0 Å². The highest BCUT2D eigenvalue weighted by Gasteiger charge is 2.59. The molecule has 0 bridgehead atoms. The van der Waals surface area contributed by atoms with Crippen molar-refractivity contribution in [2.75, 3.05) is 39.5 Å². The monoisotopic (exact) mass is 529 g/mol. The summed E-state index contributed by atoms with van der Waals surface area (Å²) in [6.45, 7) is 4.49. The molecule has 1 rings (SSSR count). The summed E-state index contributed by atoms with van der Waals surface area (Å²) in [5, 5.41) is 9.17. The van der Waals surface area contributed by atoms with Crippen LogP contribution in [0.4, 0.5) is 26.7 Å². The minimum absolute atomic E-state index is 0.0214. The predicted octanol–water partition coefficient (Wildman–Crippen LogP) is 4.75. The maximum absolute atomic E-state index is 12.9. The highest BCUT2D eigenvalue weighted by Crippen LogP contribution is 2.36. The fourth-order valence-corrected chi connectivity index (χ4v) is 2.79. The van der Waals surface area contributed by atoms with Crippen molar-refractivity contribution in [1.29, 1.82) is 0 Å². The van der Waals surface area contributed by atoms with Crippen LogP contribution in [0.15, 0.2) is 24.3 Å². The number of halogens is 5. The average molecular weight is 529 g/mol. The van der Waals surface area contributed by atoms with Gasteiger partial charge in [0.2, 0.25) is 0 Å². The molecule has 1 unspecified atom stereocenters.